The highest BCUT2D eigenvalue weighted by Crippen LogP contribution is 2.25. The first-order valence-electron chi connectivity index (χ1n) is 7.64. The minimum atomic E-state index is -0.310. The van der Waals surface area contributed by atoms with Crippen molar-refractivity contribution in [3.63, 3.8) is 0 Å². The van der Waals surface area contributed by atoms with Crippen LogP contribution in [0, 0.1) is 0 Å². The first kappa shape index (κ1) is 16.0. The summed E-state index contributed by atoms with van der Waals surface area (Å²) in [6, 6.07) is 9.84. The average Bonchev–Trinajstić information content (AvgIpc) is 2.53. The lowest BCUT2D eigenvalue weighted by Crippen LogP contribution is -2.45. The molecule has 1 aliphatic rings. The Morgan fingerprint density at radius 1 is 1.33 bits per heavy atom. The van der Waals surface area contributed by atoms with E-state index in [0.717, 1.165) is 31.2 Å². The van der Waals surface area contributed by atoms with E-state index in [9.17, 15) is 9.90 Å². The zero-order valence-corrected chi connectivity index (χ0v) is 12.9. The van der Waals surface area contributed by atoms with Crippen LogP contribution in [0.4, 0.5) is 0 Å². The van der Waals surface area contributed by atoms with Gasteiger partial charge in [0.1, 0.15) is 0 Å². The fourth-order valence-corrected chi connectivity index (χ4v) is 3.17. The number of benzene rings is 1. The largest absolute Gasteiger partial charge is 0.469 e. The molecule has 0 saturated heterocycles. The van der Waals surface area contributed by atoms with Gasteiger partial charge in [0.15, 0.2) is 0 Å². The molecule has 3 atom stereocenters. The first-order valence-corrected chi connectivity index (χ1v) is 7.64. The summed E-state index contributed by atoms with van der Waals surface area (Å²) >= 11 is 0. The molecule has 1 aliphatic carbocycles. The second kappa shape index (κ2) is 7.57. The van der Waals surface area contributed by atoms with E-state index >= 15 is 0 Å². The SMILES string of the molecule is COC(=O)C(CN(C)C1CCCCC1O)c1ccccc1. The van der Waals surface area contributed by atoms with Crippen LogP contribution in [-0.4, -0.2) is 48.8 Å². The van der Waals surface area contributed by atoms with Crippen molar-refractivity contribution in [1.82, 2.24) is 4.90 Å². The molecule has 0 radical (unpaired) electrons. The van der Waals surface area contributed by atoms with Crippen molar-refractivity contribution >= 4 is 5.97 Å². The van der Waals surface area contributed by atoms with E-state index in [1.807, 2.05) is 37.4 Å². The number of aliphatic hydroxyl groups is 1. The quantitative estimate of drug-likeness (QED) is 0.845. The van der Waals surface area contributed by atoms with E-state index in [4.69, 9.17) is 4.74 Å². The van der Waals surface area contributed by atoms with Crippen molar-refractivity contribution in [1.29, 1.82) is 0 Å². The molecule has 2 rings (SSSR count). The van der Waals surface area contributed by atoms with Crippen molar-refractivity contribution in [2.24, 2.45) is 0 Å². The summed E-state index contributed by atoms with van der Waals surface area (Å²) in [6.45, 7) is 0.568. The molecule has 4 nitrogen and oxygen atoms in total. The van der Waals surface area contributed by atoms with Gasteiger partial charge < -0.3 is 9.84 Å². The molecule has 0 aromatic heterocycles. The van der Waals surface area contributed by atoms with Gasteiger partial charge in [-0.2, -0.15) is 0 Å². The minimum absolute atomic E-state index is 0.134. The average molecular weight is 291 g/mol. The van der Waals surface area contributed by atoms with Gasteiger partial charge in [-0.3, -0.25) is 9.69 Å². The van der Waals surface area contributed by atoms with Crippen molar-refractivity contribution in [2.45, 2.75) is 43.7 Å². The van der Waals surface area contributed by atoms with Crippen molar-refractivity contribution < 1.29 is 14.6 Å². The Balaban J connectivity index is 2.09. The number of likely N-dealkylation sites (N-methyl/N-ethyl adjacent to an activating group) is 1. The van der Waals surface area contributed by atoms with Crippen LogP contribution in [0.1, 0.15) is 37.2 Å². The summed E-state index contributed by atoms with van der Waals surface area (Å²) in [5.74, 6) is -0.534. The molecule has 4 heteroatoms. The molecular formula is C17H25NO3. The third-order valence-corrected chi connectivity index (χ3v) is 4.42. The van der Waals surface area contributed by atoms with E-state index < -0.39 is 0 Å². The Morgan fingerprint density at radius 2 is 2.00 bits per heavy atom. The molecule has 0 amide bonds. The number of nitrogens with zero attached hydrogens (tertiary/aromatic N) is 1. The van der Waals surface area contributed by atoms with Gasteiger partial charge in [0, 0.05) is 12.6 Å². The van der Waals surface area contributed by atoms with E-state index in [2.05, 4.69) is 4.90 Å². The predicted molar refractivity (Wildman–Crippen MR) is 82.1 cm³/mol. The topological polar surface area (TPSA) is 49.8 Å². The maximum Gasteiger partial charge on any atom is 0.314 e. The first-order chi connectivity index (χ1) is 10.1. The number of methoxy groups -OCH3 is 1. The molecule has 0 heterocycles. The van der Waals surface area contributed by atoms with E-state index in [1.165, 1.54) is 7.11 Å². The third-order valence-electron chi connectivity index (χ3n) is 4.42. The van der Waals surface area contributed by atoms with Gasteiger partial charge in [0.05, 0.1) is 19.1 Å². The molecule has 1 saturated carbocycles. The molecule has 1 N–H and O–H groups in total. The molecule has 1 aromatic rings. The Hall–Kier alpha value is -1.39. The monoisotopic (exact) mass is 291 g/mol. The lowest BCUT2D eigenvalue weighted by molar-refractivity contribution is -0.143. The van der Waals surface area contributed by atoms with Crippen molar-refractivity contribution in [3.8, 4) is 0 Å². The van der Waals surface area contributed by atoms with E-state index in [1.54, 1.807) is 0 Å². The number of aliphatic hydroxyl groups excluding tert-OH is 1. The molecule has 3 unspecified atom stereocenters. The van der Waals surface area contributed by atoms with Crippen LogP contribution in [-0.2, 0) is 9.53 Å². The van der Waals surface area contributed by atoms with Gasteiger partial charge in [-0.15, -0.1) is 0 Å². The predicted octanol–water partition coefficient (Wildman–Crippen LogP) is 2.18. The second-order valence-corrected chi connectivity index (χ2v) is 5.85. The van der Waals surface area contributed by atoms with Crippen LogP contribution in [0.15, 0.2) is 30.3 Å². The Bertz CT molecular complexity index is 449. The second-order valence-electron chi connectivity index (χ2n) is 5.85. The van der Waals surface area contributed by atoms with Gasteiger partial charge in [-0.05, 0) is 25.5 Å². The van der Waals surface area contributed by atoms with Crippen LogP contribution < -0.4 is 0 Å². The number of rotatable bonds is 5. The normalized spacial score (nSPS) is 23.8. The number of hydrogen-bond donors (Lipinski definition) is 1. The standard InChI is InChI=1S/C17H25NO3/c1-18(15-10-6-7-11-16(15)19)12-14(17(20)21-2)13-8-4-3-5-9-13/h3-5,8-9,14-16,19H,6-7,10-12H2,1-2H3. The lowest BCUT2D eigenvalue weighted by Gasteiger charge is -2.36. The fraction of sp³-hybridized carbons (Fsp3) is 0.588. The summed E-state index contributed by atoms with van der Waals surface area (Å²) in [4.78, 5) is 14.2. The van der Waals surface area contributed by atoms with E-state index in [-0.39, 0.29) is 24.0 Å². The molecular weight excluding hydrogens is 266 g/mol. The fourth-order valence-electron chi connectivity index (χ4n) is 3.17. The Kier molecular flexibility index (Phi) is 5.76. The maximum atomic E-state index is 12.1. The highest BCUT2D eigenvalue weighted by molar-refractivity contribution is 5.78. The van der Waals surface area contributed by atoms with Crippen LogP contribution in [0.3, 0.4) is 0 Å². The van der Waals surface area contributed by atoms with Crippen LogP contribution in [0.25, 0.3) is 0 Å². The molecule has 1 aromatic carbocycles. The molecule has 0 aliphatic heterocycles. The van der Waals surface area contributed by atoms with Gasteiger partial charge in [0.2, 0.25) is 0 Å². The zero-order chi connectivity index (χ0) is 15.2. The molecule has 21 heavy (non-hydrogen) atoms. The van der Waals surface area contributed by atoms with Crippen molar-refractivity contribution in [2.75, 3.05) is 20.7 Å². The van der Waals surface area contributed by atoms with Gasteiger partial charge in [0.25, 0.3) is 0 Å². The highest BCUT2D eigenvalue weighted by atomic mass is 16.5. The zero-order valence-electron chi connectivity index (χ0n) is 12.9. The van der Waals surface area contributed by atoms with E-state index in [0.29, 0.717) is 6.54 Å². The Labute approximate surface area is 126 Å². The van der Waals surface area contributed by atoms with Crippen LogP contribution in [0.5, 0.6) is 0 Å². The highest BCUT2D eigenvalue weighted by Gasteiger charge is 2.30. The number of hydrogen-bond acceptors (Lipinski definition) is 4. The summed E-state index contributed by atoms with van der Waals surface area (Å²) in [5.41, 5.74) is 0.960. The molecule has 0 bridgehead atoms. The number of carbonyl (C=O) groups excluding carboxylic acids is 1. The summed E-state index contributed by atoms with van der Waals surface area (Å²) in [7, 11) is 3.41. The van der Waals surface area contributed by atoms with Gasteiger partial charge >= 0.3 is 5.97 Å². The molecule has 1 fully saturated rings. The summed E-state index contributed by atoms with van der Waals surface area (Å²) < 4.78 is 4.95. The summed E-state index contributed by atoms with van der Waals surface area (Å²) in [6.07, 6.45) is 3.77. The smallest absolute Gasteiger partial charge is 0.314 e. The van der Waals surface area contributed by atoms with Crippen molar-refractivity contribution in [3.05, 3.63) is 35.9 Å². The van der Waals surface area contributed by atoms with Crippen LogP contribution in [0.2, 0.25) is 0 Å². The summed E-state index contributed by atoms with van der Waals surface area (Å²) in [5, 5.41) is 10.2. The van der Waals surface area contributed by atoms with Gasteiger partial charge in [-0.25, -0.2) is 0 Å². The Morgan fingerprint density at radius 3 is 2.62 bits per heavy atom. The van der Waals surface area contributed by atoms with Crippen LogP contribution >= 0.6 is 0 Å². The van der Waals surface area contributed by atoms with Gasteiger partial charge in [-0.1, -0.05) is 43.2 Å². The maximum absolute atomic E-state index is 12.1. The number of carbonyl (C=O) groups is 1. The number of ether oxygens (including phenoxy) is 1. The third kappa shape index (κ3) is 4.05. The minimum Gasteiger partial charge on any atom is -0.469 e. The number of esters is 1. The molecule has 116 valence electrons. The molecule has 0 spiro atoms. The lowest BCUT2D eigenvalue weighted by atomic mass is 9.90.